The van der Waals surface area contributed by atoms with E-state index in [1.807, 2.05) is 0 Å². The highest BCUT2D eigenvalue weighted by molar-refractivity contribution is 7.89. The first-order valence-corrected chi connectivity index (χ1v) is 13.5. The number of anilines is 2. The average Bonchev–Trinajstić information content (AvgIpc) is 3.20. The number of aromatic carboxylic acids is 1. The molecular formula is C28H27N3O8S. The molecule has 0 radical (unpaired) electrons. The van der Waals surface area contributed by atoms with Gasteiger partial charge in [0, 0.05) is 25.2 Å². The van der Waals surface area contributed by atoms with Crippen LogP contribution >= 0.6 is 0 Å². The van der Waals surface area contributed by atoms with Gasteiger partial charge in [-0.05, 0) is 54.4 Å². The molecule has 1 aliphatic heterocycles. The second kappa shape index (κ2) is 11.4. The third kappa shape index (κ3) is 5.38. The zero-order valence-electron chi connectivity index (χ0n) is 21.9. The Balaban J connectivity index is 1.85. The lowest BCUT2D eigenvalue weighted by molar-refractivity contribution is -0.122. The van der Waals surface area contributed by atoms with Gasteiger partial charge in [0.05, 0.1) is 40.6 Å². The number of aliphatic hydroxyl groups excluding tert-OH is 1. The Morgan fingerprint density at radius 3 is 2.27 bits per heavy atom. The second-order valence-electron chi connectivity index (χ2n) is 8.89. The molecule has 2 amide bonds. The maximum atomic E-state index is 13.7. The number of sulfonamides is 1. The van der Waals surface area contributed by atoms with Crippen molar-refractivity contribution in [2.24, 2.45) is 0 Å². The summed E-state index contributed by atoms with van der Waals surface area (Å²) in [5.41, 5.74) is 2.49. The summed E-state index contributed by atoms with van der Waals surface area (Å²) in [6.45, 7) is 2.29. The number of hydroxylamine groups is 1. The van der Waals surface area contributed by atoms with Crippen molar-refractivity contribution in [3.05, 3.63) is 89.0 Å². The van der Waals surface area contributed by atoms with E-state index in [4.69, 9.17) is 9.94 Å². The van der Waals surface area contributed by atoms with Gasteiger partial charge in [-0.3, -0.25) is 14.4 Å². The zero-order valence-corrected chi connectivity index (χ0v) is 22.7. The first kappa shape index (κ1) is 28.6. The van der Waals surface area contributed by atoms with Gasteiger partial charge in [0.1, 0.15) is 0 Å². The van der Waals surface area contributed by atoms with E-state index in [2.05, 4.69) is 5.32 Å². The maximum Gasteiger partial charge on any atom is 0.336 e. The number of carbonyl (C=O) groups is 3. The van der Waals surface area contributed by atoms with Crippen LogP contribution in [0, 0.1) is 6.92 Å². The van der Waals surface area contributed by atoms with Crippen LogP contribution in [-0.2, 0) is 24.4 Å². The van der Waals surface area contributed by atoms with Gasteiger partial charge in [0.2, 0.25) is 5.91 Å². The first-order chi connectivity index (χ1) is 19.0. The predicted molar refractivity (Wildman–Crippen MR) is 148 cm³/mol. The molecule has 3 aromatic rings. The van der Waals surface area contributed by atoms with Gasteiger partial charge in [0.15, 0.2) is 0 Å². The number of rotatable bonds is 9. The molecule has 0 unspecified atom stereocenters. The lowest BCUT2D eigenvalue weighted by Gasteiger charge is -2.18. The fraction of sp³-hybridized carbons (Fsp3) is 0.179. The van der Waals surface area contributed by atoms with Gasteiger partial charge in [0.25, 0.3) is 15.9 Å². The normalized spacial score (nSPS) is 14.3. The van der Waals surface area contributed by atoms with E-state index in [0.29, 0.717) is 32.5 Å². The highest BCUT2D eigenvalue weighted by atomic mass is 32.2. The van der Waals surface area contributed by atoms with Gasteiger partial charge in [-0.1, -0.05) is 34.8 Å². The van der Waals surface area contributed by atoms with Crippen molar-refractivity contribution in [2.45, 2.75) is 18.7 Å². The molecule has 11 nitrogen and oxygen atoms in total. The lowest BCUT2D eigenvalue weighted by Crippen LogP contribution is -2.31. The van der Waals surface area contributed by atoms with Crippen LogP contribution in [0.3, 0.4) is 0 Å². The van der Waals surface area contributed by atoms with Crippen LogP contribution in [0.25, 0.3) is 11.3 Å². The number of aliphatic hydroxyl groups is 1. The molecular weight excluding hydrogens is 538 g/mol. The number of carboxylic acids is 1. The molecule has 0 aromatic heterocycles. The minimum absolute atomic E-state index is 0.0296. The Morgan fingerprint density at radius 1 is 1.05 bits per heavy atom. The summed E-state index contributed by atoms with van der Waals surface area (Å²) in [6, 6.07) is 17.5. The molecule has 0 bridgehead atoms. The van der Waals surface area contributed by atoms with Crippen molar-refractivity contribution in [2.75, 3.05) is 30.5 Å². The topological polar surface area (TPSA) is 154 Å². The van der Waals surface area contributed by atoms with Crippen molar-refractivity contribution in [1.29, 1.82) is 0 Å². The Hall–Kier alpha value is -4.36. The van der Waals surface area contributed by atoms with Crippen molar-refractivity contribution in [3.8, 4) is 0 Å². The molecule has 208 valence electrons. The monoisotopic (exact) mass is 565 g/mol. The van der Waals surface area contributed by atoms with Gasteiger partial charge in [-0.15, -0.1) is 0 Å². The maximum absolute atomic E-state index is 13.7. The standard InChI is InChI=1S/C28H27N3O8S/c1-17-15-23-24(16-22(17)28(35)36)31(18(2)33)27(34)25(23)26(19-7-5-4-6-8-19)29-20-9-11-21(12-10-20)40(37,38)30(3)39-14-13-32/h4-12,15-16,29,32H,13-14H2,1-3H3,(H,35,36). The summed E-state index contributed by atoms with van der Waals surface area (Å²) in [4.78, 5) is 43.9. The Labute approximate surface area is 230 Å². The fourth-order valence-corrected chi connectivity index (χ4v) is 5.32. The largest absolute Gasteiger partial charge is 0.478 e. The number of nitrogens with zero attached hydrogens (tertiary/aromatic N) is 2. The van der Waals surface area contributed by atoms with Crippen LogP contribution in [0.4, 0.5) is 11.4 Å². The number of benzene rings is 3. The number of amides is 2. The van der Waals surface area contributed by atoms with Crippen molar-refractivity contribution in [3.63, 3.8) is 0 Å². The van der Waals surface area contributed by atoms with Gasteiger partial charge in [-0.2, -0.15) is 0 Å². The zero-order chi connectivity index (χ0) is 29.2. The van der Waals surface area contributed by atoms with Crippen LogP contribution in [0.15, 0.2) is 71.6 Å². The van der Waals surface area contributed by atoms with Crippen LogP contribution in [0.2, 0.25) is 0 Å². The highest BCUT2D eigenvalue weighted by Gasteiger charge is 2.38. The molecule has 3 N–H and O–H groups in total. The average molecular weight is 566 g/mol. The van der Waals surface area contributed by atoms with Crippen molar-refractivity contribution in [1.82, 2.24) is 4.47 Å². The van der Waals surface area contributed by atoms with Gasteiger partial charge < -0.3 is 15.5 Å². The SMILES string of the molecule is CC(=O)N1C(=O)C(=C(Nc2ccc(S(=O)(=O)N(C)OCCO)cc2)c2ccccc2)c2cc(C)c(C(=O)O)cc21. The Kier molecular flexibility index (Phi) is 8.16. The highest BCUT2D eigenvalue weighted by Crippen LogP contribution is 2.42. The molecule has 0 saturated heterocycles. The molecule has 0 fully saturated rings. The van der Waals surface area contributed by atoms with Crippen LogP contribution in [0.5, 0.6) is 0 Å². The summed E-state index contributed by atoms with van der Waals surface area (Å²) in [6.07, 6.45) is 0. The van der Waals surface area contributed by atoms with Crippen LogP contribution in [0.1, 0.15) is 34.0 Å². The van der Waals surface area contributed by atoms with E-state index in [9.17, 15) is 27.9 Å². The van der Waals surface area contributed by atoms with Crippen molar-refractivity contribution >= 4 is 50.5 Å². The second-order valence-corrected chi connectivity index (χ2v) is 10.8. The number of hydrogen-bond donors (Lipinski definition) is 3. The number of nitrogens with one attached hydrogen (secondary N) is 1. The number of fused-ring (bicyclic) bond motifs is 1. The van der Waals surface area contributed by atoms with Crippen LogP contribution < -0.4 is 10.2 Å². The summed E-state index contributed by atoms with van der Waals surface area (Å²) in [7, 11) is -2.77. The number of carbonyl (C=O) groups excluding carboxylic acids is 2. The summed E-state index contributed by atoms with van der Waals surface area (Å²) in [5, 5.41) is 21.7. The molecule has 0 aliphatic carbocycles. The van der Waals surface area contributed by atoms with E-state index in [0.717, 1.165) is 4.90 Å². The molecule has 12 heteroatoms. The molecule has 3 aromatic carbocycles. The quantitative estimate of drug-likeness (QED) is 0.262. The number of hydrogen-bond acceptors (Lipinski definition) is 8. The van der Waals surface area contributed by atoms with Crippen LogP contribution in [-0.4, -0.2) is 61.1 Å². The number of carboxylic acid groups (broad SMARTS) is 1. The summed E-state index contributed by atoms with van der Waals surface area (Å²) in [5.74, 6) is -2.38. The summed E-state index contributed by atoms with van der Waals surface area (Å²) >= 11 is 0. The molecule has 1 aliphatic rings. The third-order valence-electron chi connectivity index (χ3n) is 6.25. The van der Waals surface area contributed by atoms with Gasteiger partial charge in [-0.25, -0.2) is 18.1 Å². The predicted octanol–water partition coefficient (Wildman–Crippen LogP) is 3.11. The Morgan fingerprint density at radius 2 is 1.70 bits per heavy atom. The molecule has 0 atom stereocenters. The molecule has 0 saturated carbocycles. The molecule has 1 heterocycles. The molecule has 4 rings (SSSR count). The first-order valence-electron chi connectivity index (χ1n) is 12.1. The van der Waals surface area contributed by atoms with E-state index in [1.54, 1.807) is 43.3 Å². The van der Waals surface area contributed by atoms with Crippen molar-refractivity contribution < 1.29 is 37.9 Å². The minimum Gasteiger partial charge on any atom is -0.478 e. The fourth-order valence-electron chi connectivity index (χ4n) is 4.33. The molecule has 40 heavy (non-hydrogen) atoms. The van der Waals surface area contributed by atoms with E-state index in [1.165, 1.54) is 44.3 Å². The molecule has 0 spiro atoms. The summed E-state index contributed by atoms with van der Waals surface area (Å²) < 4.78 is 26.2. The van der Waals surface area contributed by atoms with E-state index >= 15 is 0 Å². The lowest BCUT2D eigenvalue weighted by atomic mass is 9.96. The van der Waals surface area contributed by atoms with Gasteiger partial charge >= 0.3 is 5.97 Å². The van der Waals surface area contributed by atoms with E-state index in [-0.39, 0.29) is 34.9 Å². The smallest absolute Gasteiger partial charge is 0.336 e. The number of aryl methyl sites for hydroxylation is 1. The minimum atomic E-state index is -3.99. The van der Waals surface area contributed by atoms with E-state index < -0.39 is 27.8 Å². The Bertz CT molecular complexity index is 1620. The third-order valence-corrected chi connectivity index (χ3v) is 7.90. The number of imide groups is 1.